The molecule has 1 unspecified atom stereocenters. The Morgan fingerprint density at radius 3 is 2.73 bits per heavy atom. The molecule has 7 heteroatoms. The largest absolute Gasteiger partial charge is 0.355 e. The van der Waals surface area contributed by atoms with Crippen molar-refractivity contribution in [2.24, 2.45) is 0 Å². The van der Waals surface area contributed by atoms with Crippen LogP contribution in [0.25, 0.3) is 28.3 Å². The number of pyridine rings is 1. The van der Waals surface area contributed by atoms with E-state index >= 15 is 0 Å². The van der Waals surface area contributed by atoms with Crippen LogP contribution < -0.4 is 4.90 Å². The molecule has 7 nitrogen and oxygen atoms in total. The minimum Gasteiger partial charge on any atom is -0.355 e. The molecule has 1 fully saturated rings. The van der Waals surface area contributed by atoms with Crippen LogP contribution in [0.15, 0.2) is 55.1 Å². The molecule has 3 aromatic heterocycles. The van der Waals surface area contributed by atoms with Gasteiger partial charge in [-0.25, -0.2) is 4.98 Å². The van der Waals surface area contributed by atoms with Crippen LogP contribution in [0.2, 0.25) is 0 Å². The van der Waals surface area contributed by atoms with Crippen molar-refractivity contribution < 1.29 is 0 Å². The molecule has 1 saturated heterocycles. The van der Waals surface area contributed by atoms with E-state index < -0.39 is 0 Å². The fourth-order valence-corrected chi connectivity index (χ4v) is 4.88. The molecular formula is C26H25N7. The predicted octanol–water partition coefficient (Wildman–Crippen LogP) is 3.28. The van der Waals surface area contributed by atoms with Crippen molar-refractivity contribution in [1.82, 2.24) is 29.2 Å². The van der Waals surface area contributed by atoms with E-state index in [-0.39, 0.29) is 0 Å². The molecule has 6 rings (SSSR count). The van der Waals surface area contributed by atoms with Crippen LogP contribution in [0.3, 0.4) is 0 Å². The third-order valence-electron chi connectivity index (χ3n) is 6.83. The van der Waals surface area contributed by atoms with Gasteiger partial charge in [-0.1, -0.05) is 18.1 Å². The Morgan fingerprint density at radius 1 is 1.12 bits per heavy atom. The highest BCUT2D eigenvalue weighted by Crippen LogP contribution is 2.34. The average molecular weight is 436 g/mol. The second-order valence-corrected chi connectivity index (χ2v) is 9.01. The summed E-state index contributed by atoms with van der Waals surface area (Å²) in [4.78, 5) is 9.51. The summed E-state index contributed by atoms with van der Waals surface area (Å²) in [5.41, 5.74) is 6.42. The van der Waals surface area contributed by atoms with Crippen LogP contribution in [-0.2, 0) is 6.54 Å². The van der Waals surface area contributed by atoms with E-state index in [0.717, 1.165) is 65.8 Å². The molecule has 33 heavy (non-hydrogen) atoms. The number of likely N-dealkylation sites (N-methyl/N-ethyl adjacent to an activating group) is 1. The van der Waals surface area contributed by atoms with Gasteiger partial charge >= 0.3 is 0 Å². The van der Waals surface area contributed by atoms with Crippen LogP contribution in [0.1, 0.15) is 17.5 Å². The lowest BCUT2D eigenvalue weighted by molar-refractivity contribution is 0.315. The minimum absolute atomic E-state index is 0.564. The van der Waals surface area contributed by atoms with E-state index in [0.29, 0.717) is 6.04 Å². The van der Waals surface area contributed by atoms with Gasteiger partial charge in [-0.05, 0) is 50.3 Å². The highest BCUT2D eigenvalue weighted by atomic mass is 15.3. The minimum atomic E-state index is 0.564. The summed E-state index contributed by atoms with van der Waals surface area (Å²) in [6, 6.07) is 13.1. The first-order valence-corrected chi connectivity index (χ1v) is 11.2. The van der Waals surface area contributed by atoms with E-state index in [1.165, 1.54) is 5.56 Å². The fraction of sp³-hybridized carbons (Fsp3) is 0.269. The Labute approximate surface area is 193 Å². The average Bonchev–Trinajstić information content (AvgIpc) is 3.58. The summed E-state index contributed by atoms with van der Waals surface area (Å²) in [6.07, 6.45) is 12.6. The molecule has 4 aromatic rings. The van der Waals surface area contributed by atoms with Gasteiger partial charge in [-0.15, -0.1) is 16.6 Å². The van der Waals surface area contributed by atoms with Crippen LogP contribution in [-0.4, -0.2) is 62.4 Å². The summed E-state index contributed by atoms with van der Waals surface area (Å²) >= 11 is 0. The normalized spacial score (nSPS) is 16.8. The van der Waals surface area contributed by atoms with Gasteiger partial charge in [0.1, 0.15) is 12.1 Å². The van der Waals surface area contributed by atoms with Crippen LogP contribution in [0.5, 0.6) is 0 Å². The molecule has 164 valence electrons. The number of nitrogens with zero attached hydrogens (tertiary/aromatic N) is 7. The van der Waals surface area contributed by atoms with Gasteiger partial charge < -0.3 is 14.4 Å². The Hall–Kier alpha value is -3.89. The van der Waals surface area contributed by atoms with Gasteiger partial charge in [0.2, 0.25) is 0 Å². The monoisotopic (exact) mass is 435 g/mol. The maximum absolute atomic E-state index is 5.52. The molecule has 0 saturated carbocycles. The molecule has 0 aliphatic carbocycles. The van der Waals surface area contributed by atoms with Crippen molar-refractivity contribution in [3.8, 4) is 40.7 Å². The van der Waals surface area contributed by atoms with E-state index in [2.05, 4.69) is 75.0 Å². The van der Waals surface area contributed by atoms with Crippen molar-refractivity contribution >= 4 is 5.82 Å². The second-order valence-electron chi connectivity index (χ2n) is 9.01. The molecule has 0 radical (unpaired) electrons. The zero-order valence-corrected chi connectivity index (χ0v) is 18.8. The summed E-state index contributed by atoms with van der Waals surface area (Å²) in [6.45, 7) is 2.78. The maximum atomic E-state index is 5.52. The van der Waals surface area contributed by atoms with E-state index in [1.807, 2.05) is 22.9 Å². The van der Waals surface area contributed by atoms with Gasteiger partial charge in [0.15, 0.2) is 5.82 Å². The zero-order valence-electron chi connectivity index (χ0n) is 18.8. The molecule has 2 aliphatic heterocycles. The highest BCUT2D eigenvalue weighted by Gasteiger charge is 2.27. The number of rotatable bonds is 3. The first-order chi connectivity index (χ1) is 16.1. The number of hydrogen-bond donors (Lipinski definition) is 0. The van der Waals surface area contributed by atoms with Crippen molar-refractivity contribution in [3.05, 3.63) is 66.2 Å². The SMILES string of the molecule is C#Cc1ccc(-c2cc3n(c2)Cc2cc(N4CCC(N(C)C)C4)ncc2-n2cnnc2-3)cc1. The Morgan fingerprint density at radius 2 is 1.97 bits per heavy atom. The smallest absolute Gasteiger partial charge is 0.185 e. The van der Waals surface area contributed by atoms with Crippen LogP contribution in [0.4, 0.5) is 5.82 Å². The summed E-state index contributed by atoms with van der Waals surface area (Å²) in [5, 5.41) is 8.65. The van der Waals surface area contributed by atoms with Gasteiger partial charge in [0.05, 0.1) is 17.6 Å². The Balaban J connectivity index is 1.40. The van der Waals surface area contributed by atoms with E-state index in [9.17, 15) is 0 Å². The van der Waals surface area contributed by atoms with Gasteiger partial charge in [-0.3, -0.25) is 4.57 Å². The lowest BCUT2D eigenvalue weighted by Gasteiger charge is -2.22. The zero-order chi connectivity index (χ0) is 22.5. The van der Waals surface area contributed by atoms with Crippen molar-refractivity contribution in [3.63, 3.8) is 0 Å². The van der Waals surface area contributed by atoms with Gasteiger partial charge in [0, 0.05) is 48.6 Å². The molecule has 5 heterocycles. The quantitative estimate of drug-likeness (QED) is 0.407. The summed E-state index contributed by atoms with van der Waals surface area (Å²) in [5.74, 6) is 4.54. The number of anilines is 1. The van der Waals surface area contributed by atoms with Crippen molar-refractivity contribution in [1.29, 1.82) is 0 Å². The number of aromatic nitrogens is 5. The third kappa shape index (κ3) is 3.31. The molecule has 1 atom stereocenters. The number of hydrogen-bond acceptors (Lipinski definition) is 5. The second kappa shape index (κ2) is 7.61. The first-order valence-electron chi connectivity index (χ1n) is 11.2. The maximum Gasteiger partial charge on any atom is 0.185 e. The Kier molecular flexibility index (Phi) is 4.56. The highest BCUT2D eigenvalue weighted by molar-refractivity contribution is 5.72. The standard InChI is InChI=1S/C26H25N7/c1-4-18-5-7-19(8-6-18)20-11-23-26-29-28-17-33(26)24-13-27-25(12-21(24)15-32(23)14-20)31-10-9-22(16-31)30(2)3/h1,5-8,11-14,17,22H,9-10,15-16H2,2-3H3. The van der Waals surface area contributed by atoms with E-state index in [4.69, 9.17) is 11.4 Å². The molecule has 0 bridgehead atoms. The van der Waals surface area contributed by atoms with Gasteiger partial charge in [-0.2, -0.15) is 0 Å². The number of terminal acetylenes is 1. The third-order valence-corrected chi connectivity index (χ3v) is 6.83. The van der Waals surface area contributed by atoms with Crippen LogP contribution in [0, 0.1) is 12.3 Å². The van der Waals surface area contributed by atoms with Crippen molar-refractivity contribution in [2.75, 3.05) is 32.1 Å². The molecule has 1 aromatic carbocycles. The molecule has 2 aliphatic rings. The summed E-state index contributed by atoms with van der Waals surface area (Å²) in [7, 11) is 4.30. The molecule has 0 spiro atoms. The lowest BCUT2D eigenvalue weighted by atomic mass is 10.1. The lowest BCUT2D eigenvalue weighted by Crippen LogP contribution is -2.31. The molecular weight excluding hydrogens is 410 g/mol. The fourth-order valence-electron chi connectivity index (χ4n) is 4.88. The van der Waals surface area contributed by atoms with Gasteiger partial charge in [0.25, 0.3) is 0 Å². The van der Waals surface area contributed by atoms with Crippen LogP contribution >= 0.6 is 0 Å². The number of benzene rings is 1. The molecule has 0 amide bonds. The first kappa shape index (κ1) is 19.8. The Bertz CT molecular complexity index is 1370. The predicted molar refractivity (Wildman–Crippen MR) is 129 cm³/mol. The van der Waals surface area contributed by atoms with Crippen molar-refractivity contribution in [2.45, 2.75) is 19.0 Å². The molecule has 0 N–H and O–H groups in total. The van der Waals surface area contributed by atoms with E-state index in [1.54, 1.807) is 6.33 Å². The summed E-state index contributed by atoms with van der Waals surface area (Å²) < 4.78 is 4.30. The topological polar surface area (TPSA) is 55.0 Å². The number of fused-ring (bicyclic) bond motifs is 5.